The molecule has 0 spiro atoms. The monoisotopic (exact) mass is 393 g/mol. The van der Waals surface area contributed by atoms with Gasteiger partial charge < -0.3 is 4.74 Å². The predicted molar refractivity (Wildman–Crippen MR) is 98.7 cm³/mol. The summed E-state index contributed by atoms with van der Waals surface area (Å²) in [6.07, 6.45) is 0. The largest absolute Gasteiger partial charge is 0.492 e. The van der Waals surface area contributed by atoms with Crippen LogP contribution in [0.5, 0.6) is 5.75 Å². The molecule has 10 heteroatoms. The first-order chi connectivity index (χ1) is 13.0. The molecule has 0 aliphatic carbocycles. The molecule has 1 N–H and O–H groups in total. The number of hydrogen-bond acceptors (Lipinski definition) is 6. The number of aromatic nitrogens is 3. The fourth-order valence-electron chi connectivity index (χ4n) is 2.33. The van der Waals surface area contributed by atoms with Crippen LogP contribution in [0.4, 0.5) is 26.4 Å². The number of nitrogens with one attached hydrogen (secondary N) is 1. The van der Waals surface area contributed by atoms with Crippen molar-refractivity contribution in [3.8, 4) is 5.75 Å². The molecule has 1 aromatic heterocycles. The van der Waals surface area contributed by atoms with Crippen LogP contribution in [0.3, 0.4) is 0 Å². The van der Waals surface area contributed by atoms with Gasteiger partial charge in [0.05, 0.1) is 6.61 Å². The van der Waals surface area contributed by atoms with Gasteiger partial charge in [-0.25, -0.2) is 13.7 Å². The number of benzene rings is 1. The highest BCUT2D eigenvalue weighted by Gasteiger charge is 2.30. The first-order valence-electron chi connectivity index (χ1n) is 8.49. The van der Waals surface area contributed by atoms with Crippen LogP contribution >= 0.6 is 0 Å². The van der Waals surface area contributed by atoms with Crippen molar-refractivity contribution in [3.05, 3.63) is 29.8 Å². The lowest BCUT2D eigenvalue weighted by Crippen LogP contribution is -2.29. The minimum atomic E-state index is -2.01. The summed E-state index contributed by atoms with van der Waals surface area (Å²) in [7, 11) is 0. The number of alkyl halides is 1. The van der Waals surface area contributed by atoms with Gasteiger partial charge in [0, 0.05) is 13.8 Å². The Balaban J connectivity index is 2.74. The van der Waals surface area contributed by atoms with Crippen molar-refractivity contribution in [2.75, 3.05) is 16.8 Å². The number of amides is 2. The quantitative estimate of drug-likeness (QED) is 0.809. The van der Waals surface area contributed by atoms with E-state index in [-0.39, 0.29) is 35.8 Å². The van der Waals surface area contributed by atoms with Gasteiger partial charge in [0.25, 0.3) is 0 Å². The summed E-state index contributed by atoms with van der Waals surface area (Å²) in [5.74, 6) is -2.77. The Morgan fingerprint density at radius 1 is 1.21 bits per heavy atom. The predicted octanol–water partition coefficient (Wildman–Crippen LogP) is 3.26. The fourth-order valence-corrected chi connectivity index (χ4v) is 2.33. The second-order valence-corrected chi connectivity index (χ2v) is 6.31. The maximum atomic E-state index is 14.6. The third-order valence-corrected chi connectivity index (χ3v) is 3.43. The second-order valence-electron chi connectivity index (χ2n) is 6.31. The maximum Gasteiger partial charge on any atom is 0.242 e. The van der Waals surface area contributed by atoms with Gasteiger partial charge in [-0.3, -0.25) is 14.9 Å². The third-order valence-electron chi connectivity index (χ3n) is 3.43. The lowest BCUT2D eigenvalue weighted by atomic mass is 10.1. The van der Waals surface area contributed by atoms with Crippen LogP contribution in [0.1, 0.15) is 40.4 Å². The molecule has 1 aromatic carbocycles. The number of halogens is 2. The molecular formula is C18H21F2N5O3. The highest BCUT2D eigenvalue weighted by atomic mass is 19.1. The molecule has 0 saturated heterocycles. The molecule has 28 heavy (non-hydrogen) atoms. The molecule has 150 valence electrons. The molecular weight excluding hydrogens is 372 g/mol. The highest BCUT2D eigenvalue weighted by Crippen LogP contribution is 2.36. The number of para-hydroxylation sites is 1. The van der Waals surface area contributed by atoms with Gasteiger partial charge in [-0.1, -0.05) is 6.07 Å². The third kappa shape index (κ3) is 4.76. The minimum absolute atomic E-state index is 0.0836. The molecule has 0 aliphatic heterocycles. The summed E-state index contributed by atoms with van der Waals surface area (Å²) in [5, 5.41) is 2.33. The SMILES string of the molecule is CCOc1cccc(F)c1N(C(C)=O)c1nc(NC(C)=O)nc(C(C)(C)F)n1. The molecule has 2 amide bonds. The van der Waals surface area contributed by atoms with E-state index >= 15 is 0 Å². The van der Waals surface area contributed by atoms with Gasteiger partial charge in [0.1, 0.15) is 11.4 Å². The van der Waals surface area contributed by atoms with E-state index in [1.165, 1.54) is 39.8 Å². The summed E-state index contributed by atoms with van der Waals surface area (Å²) in [6, 6.07) is 4.05. The lowest BCUT2D eigenvalue weighted by Gasteiger charge is -2.24. The minimum Gasteiger partial charge on any atom is -0.492 e. The van der Waals surface area contributed by atoms with Crippen molar-refractivity contribution in [2.45, 2.75) is 40.3 Å². The molecule has 2 aromatic rings. The van der Waals surface area contributed by atoms with E-state index in [9.17, 15) is 18.4 Å². The summed E-state index contributed by atoms with van der Waals surface area (Å²) in [4.78, 5) is 36.5. The van der Waals surface area contributed by atoms with Crippen molar-refractivity contribution in [1.29, 1.82) is 0 Å². The summed E-state index contributed by atoms with van der Waals surface area (Å²) < 4.78 is 34.5. The molecule has 0 atom stereocenters. The summed E-state index contributed by atoms with van der Waals surface area (Å²) in [6.45, 7) is 6.72. The normalized spacial score (nSPS) is 11.1. The van der Waals surface area contributed by atoms with E-state index < -0.39 is 23.3 Å². The van der Waals surface area contributed by atoms with Crippen molar-refractivity contribution < 1.29 is 23.1 Å². The van der Waals surface area contributed by atoms with Gasteiger partial charge in [-0.2, -0.15) is 15.0 Å². The van der Waals surface area contributed by atoms with E-state index in [1.807, 2.05) is 0 Å². The molecule has 0 bridgehead atoms. The Morgan fingerprint density at radius 2 is 1.89 bits per heavy atom. The van der Waals surface area contributed by atoms with E-state index in [4.69, 9.17) is 4.74 Å². The Bertz CT molecular complexity index is 899. The number of anilines is 3. The fraction of sp³-hybridized carbons (Fsp3) is 0.389. The molecule has 8 nitrogen and oxygen atoms in total. The number of nitrogens with zero attached hydrogens (tertiary/aromatic N) is 4. The highest BCUT2D eigenvalue weighted by molar-refractivity contribution is 5.99. The topological polar surface area (TPSA) is 97.3 Å². The Hall–Kier alpha value is -3.17. The van der Waals surface area contributed by atoms with E-state index in [0.29, 0.717) is 0 Å². The molecule has 0 fully saturated rings. The Labute approximate surface area is 161 Å². The molecule has 1 heterocycles. The standard InChI is InChI=1S/C18H21F2N5O3/c1-6-28-13-9-7-8-12(19)14(13)25(11(3)27)17-23-15(18(4,5)20)22-16(24-17)21-10(2)26/h7-9H,6H2,1-5H3,(H,21,22,23,24,26). The van der Waals surface area contributed by atoms with Gasteiger partial charge in [0.2, 0.25) is 23.7 Å². The molecule has 2 rings (SSSR count). The van der Waals surface area contributed by atoms with E-state index in [2.05, 4.69) is 20.3 Å². The number of carbonyl (C=O) groups is 2. The Kier molecular flexibility index (Phi) is 6.22. The lowest BCUT2D eigenvalue weighted by molar-refractivity contribution is -0.116. The second kappa shape index (κ2) is 8.24. The van der Waals surface area contributed by atoms with Gasteiger partial charge in [0.15, 0.2) is 17.3 Å². The van der Waals surface area contributed by atoms with Crippen molar-refractivity contribution in [3.63, 3.8) is 0 Å². The number of rotatable bonds is 6. The van der Waals surface area contributed by atoms with Crippen LogP contribution in [0, 0.1) is 5.82 Å². The number of hydrogen-bond donors (Lipinski definition) is 1. The average molecular weight is 393 g/mol. The van der Waals surface area contributed by atoms with Crippen molar-refractivity contribution in [1.82, 2.24) is 15.0 Å². The van der Waals surface area contributed by atoms with E-state index in [0.717, 1.165) is 11.0 Å². The van der Waals surface area contributed by atoms with Crippen LogP contribution < -0.4 is 15.0 Å². The van der Waals surface area contributed by atoms with Gasteiger partial charge in [-0.05, 0) is 32.9 Å². The van der Waals surface area contributed by atoms with Crippen LogP contribution in [-0.4, -0.2) is 33.4 Å². The molecule has 0 radical (unpaired) electrons. The van der Waals surface area contributed by atoms with E-state index in [1.54, 1.807) is 6.92 Å². The average Bonchev–Trinajstić information content (AvgIpc) is 2.56. The zero-order valence-corrected chi connectivity index (χ0v) is 16.2. The molecule has 0 saturated carbocycles. The Morgan fingerprint density at radius 3 is 2.43 bits per heavy atom. The van der Waals surface area contributed by atoms with Crippen molar-refractivity contribution >= 4 is 29.4 Å². The van der Waals surface area contributed by atoms with Crippen LogP contribution in [0.25, 0.3) is 0 Å². The first-order valence-corrected chi connectivity index (χ1v) is 8.49. The maximum absolute atomic E-state index is 14.6. The molecule has 0 aliphatic rings. The number of ether oxygens (including phenoxy) is 1. The zero-order valence-electron chi connectivity index (χ0n) is 16.2. The molecule has 0 unspecified atom stereocenters. The smallest absolute Gasteiger partial charge is 0.242 e. The van der Waals surface area contributed by atoms with Gasteiger partial charge in [-0.15, -0.1) is 0 Å². The first kappa shape index (κ1) is 21.1. The van der Waals surface area contributed by atoms with Crippen LogP contribution in [0.15, 0.2) is 18.2 Å². The van der Waals surface area contributed by atoms with Crippen LogP contribution in [-0.2, 0) is 15.3 Å². The van der Waals surface area contributed by atoms with Crippen molar-refractivity contribution in [2.24, 2.45) is 0 Å². The van der Waals surface area contributed by atoms with Gasteiger partial charge >= 0.3 is 0 Å². The number of carbonyl (C=O) groups excluding carboxylic acids is 2. The summed E-state index contributed by atoms with van der Waals surface area (Å²) in [5.41, 5.74) is -2.23. The van der Waals surface area contributed by atoms with Crippen LogP contribution in [0.2, 0.25) is 0 Å². The summed E-state index contributed by atoms with van der Waals surface area (Å²) >= 11 is 0. The zero-order chi connectivity index (χ0) is 21.1.